The lowest BCUT2D eigenvalue weighted by molar-refractivity contribution is 0.969. The van der Waals surface area contributed by atoms with E-state index in [4.69, 9.17) is 0 Å². The Morgan fingerprint density at radius 1 is 0.909 bits per heavy atom. The lowest BCUT2D eigenvalue weighted by Crippen LogP contribution is -2.02. The first kappa shape index (κ1) is 14.8. The molecule has 1 N–H and O–H groups in total. The third kappa shape index (κ3) is 3.93. The minimum atomic E-state index is 0.818. The van der Waals surface area contributed by atoms with E-state index in [-0.39, 0.29) is 0 Å². The number of pyridine rings is 2. The fourth-order valence-electron chi connectivity index (χ4n) is 2.14. The molecule has 0 bridgehead atoms. The summed E-state index contributed by atoms with van der Waals surface area (Å²) in [7, 11) is 0. The van der Waals surface area contributed by atoms with E-state index in [0.29, 0.717) is 0 Å². The summed E-state index contributed by atoms with van der Waals surface area (Å²) in [5, 5.41) is 0. The summed E-state index contributed by atoms with van der Waals surface area (Å²) >= 11 is 1.64. The van der Waals surface area contributed by atoms with Gasteiger partial charge in [0.2, 0.25) is 0 Å². The highest BCUT2D eigenvalue weighted by Gasteiger charge is 2.00. The van der Waals surface area contributed by atoms with Crippen LogP contribution in [0.5, 0.6) is 0 Å². The summed E-state index contributed by atoms with van der Waals surface area (Å²) in [5.74, 6) is 0. The van der Waals surface area contributed by atoms with Crippen LogP contribution in [0.15, 0.2) is 72.0 Å². The van der Waals surface area contributed by atoms with Crippen LogP contribution in [-0.2, 0) is 6.54 Å². The number of hydrogen-bond donors (Lipinski definition) is 1. The highest BCUT2D eigenvalue weighted by atomic mass is 32.2. The standard InChI is InChI=1S/C18H17N3S/c1-14-12-17(8-11-20-14)16-2-4-18(5-3-16)22-21-13-15-6-9-19-10-7-15/h2-12,21H,13H2,1H3. The molecule has 0 aliphatic rings. The third-order valence-electron chi connectivity index (χ3n) is 3.30. The smallest absolute Gasteiger partial charge is 0.0378 e. The first-order valence-corrected chi connectivity index (χ1v) is 7.94. The average molecular weight is 307 g/mol. The molecule has 0 saturated carbocycles. The fraction of sp³-hybridized carbons (Fsp3) is 0.111. The van der Waals surface area contributed by atoms with Gasteiger partial charge < -0.3 is 0 Å². The van der Waals surface area contributed by atoms with E-state index in [1.807, 2.05) is 43.7 Å². The van der Waals surface area contributed by atoms with E-state index in [1.54, 1.807) is 11.9 Å². The highest BCUT2D eigenvalue weighted by molar-refractivity contribution is 7.97. The Morgan fingerprint density at radius 2 is 1.68 bits per heavy atom. The van der Waals surface area contributed by atoms with Crippen molar-refractivity contribution in [2.24, 2.45) is 0 Å². The molecule has 0 fully saturated rings. The number of hydrogen-bond acceptors (Lipinski definition) is 4. The van der Waals surface area contributed by atoms with Crippen molar-refractivity contribution in [1.29, 1.82) is 0 Å². The molecule has 0 amide bonds. The van der Waals surface area contributed by atoms with Gasteiger partial charge in [-0.15, -0.1) is 0 Å². The van der Waals surface area contributed by atoms with Crippen molar-refractivity contribution < 1.29 is 0 Å². The molecular weight excluding hydrogens is 290 g/mol. The lowest BCUT2D eigenvalue weighted by atomic mass is 10.1. The van der Waals surface area contributed by atoms with Gasteiger partial charge in [-0.3, -0.25) is 14.7 Å². The van der Waals surface area contributed by atoms with Crippen LogP contribution in [0.2, 0.25) is 0 Å². The van der Waals surface area contributed by atoms with Crippen molar-refractivity contribution in [3.63, 3.8) is 0 Å². The van der Waals surface area contributed by atoms with Gasteiger partial charge in [0.05, 0.1) is 0 Å². The molecule has 0 unspecified atom stereocenters. The maximum atomic E-state index is 4.23. The van der Waals surface area contributed by atoms with Crippen LogP contribution in [0, 0.1) is 6.92 Å². The first-order chi connectivity index (χ1) is 10.8. The molecule has 110 valence electrons. The minimum Gasteiger partial charge on any atom is -0.265 e. The van der Waals surface area contributed by atoms with E-state index < -0.39 is 0 Å². The largest absolute Gasteiger partial charge is 0.265 e. The van der Waals surface area contributed by atoms with Crippen LogP contribution in [0.25, 0.3) is 11.1 Å². The first-order valence-electron chi connectivity index (χ1n) is 7.13. The van der Waals surface area contributed by atoms with Crippen molar-refractivity contribution in [3.8, 4) is 11.1 Å². The number of aromatic nitrogens is 2. The van der Waals surface area contributed by atoms with Gasteiger partial charge in [0.1, 0.15) is 0 Å². The molecule has 2 aromatic heterocycles. The number of aryl methyl sites for hydroxylation is 1. The molecule has 3 nitrogen and oxygen atoms in total. The summed E-state index contributed by atoms with van der Waals surface area (Å²) in [5.41, 5.74) is 4.68. The van der Waals surface area contributed by atoms with Crippen LogP contribution >= 0.6 is 11.9 Å². The lowest BCUT2D eigenvalue weighted by Gasteiger charge is -2.06. The number of nitrogens with one attached hydrogen (secondary N) is 1. The molecular formula is C18H17N3S. The molecule has 0 aliphatic carbocycles. The molecule has 0 spiro atoms. The van der Waals surface area contributed by atoms with Crippen LogP contribution < -0.4 is 4.72 Å². The molecule has 4 heteroatoms. The van der Waals surface area contributed by atoms with Gasteiger partial charge in [-0.05, 0) is 72.0 Å². The summed E-state index contributed by atoms with van der Waals surface area (Å²) < 4.78 is 3.37. The van der Waals surface area contributed by atoms with Crippen LogP contribution in [-0.4, -0.2) is 9.97 Å². The van der Waals surface area contributed by atoms with Crippen LogP contribution in [0.1, 0.15) is 11.3 Å². The monoisotopic (exact) mass is 307 g/mol. The molecule has 3 aromatic rings. The summed E-state index contributed by atoms with van der Waals surface area (Å²) in [6.07, 6.45) is 5.48. The summed E-state index contributed by atoms with van der Waals surface area (Å²) in [4.78, 5) is 9.45. The second kappa shape index (κ2) is 7.20. The van der Waals surface area contributed by atoms with Gasteiger partial charge in [0.25, 0.3) is 0 Å². The molecule has 2 heterocycles. The van der Waals surface area contributed by atoms with Crippen molar-refractivity contribution in [3.05, 3.63) is 78.4 Å². The Hall–Kier alpha value is -2.17. The van der Waals surface area contributed by atoms with E-state index in [1.165, 1.54) is 21.6 Å². The molecule has 3 rings (SSSR count). The maximum absolute atomic E-state index is 4.23. The van der Waals surface area contributed by atoms with E-state index in [0.717, 1.165) is 12.2 Å². The van der Waals surface area contributed by atoms with Gasteiger partial charge in [0, 0.05) is 35.7 Å². The third-order valence-corrected chi connectivity index (χ3v) is 4.10. The van der Waals surface area contributed by atoms with E-state index in [2.05, 4.69) is 45.0 Å². The van der Waals surface area contributed by atoms with Crippen LogP contribution in [0.3, 0.4) is 0 Å². The number of rotatable bonds is 5. The molecule has 0 atom stereocenters. The van der Waals surface area contributed by atoms with Crippen LogP contribution in [0.4, 0.5) is 0 Å². The van der Waals surface area contributed by atoms with Gasteiger partial charge in [0.15, 0.2) is 0 Å². The van der Waals surface area contributed by atoms with Gasteiger partial charge >= 0.3 is 0 Å². The fourth-order valence-corrected chi connectivity index (χ4v) is 2.82. The van der Waals surface area contributed by atoms with Crippen molar-refractivity contribution in [1.82, 2.24) is 14.7 Å². The molecule has 22 heavy (non-hydrogen) atoms. The molecule has 0 radical (unpaired) electrons. The quantitative estimate of drug-likeness (QED) is 0.715. The number of nitrogens with zero attached hydrogens (tertiary/aromatic N) is 2. The zero-order valence-electron chi connectivity index (χ0n) is 12.4. The zero-order chi connectivity index (χ0) is 15.2. The van der Waals surface area contributed by atoms with Crippen molar-refractivity contribution in [2.75, 3.05) is 0 Å². The van der Waals surface area contributed by atoms with Gasteiger partial charge in [-0.1, -0.05) is 12.1 Å². The predicted octanol–water partition coefficient (Wildman–Crippen LogP) is 4.25. The Balaban J connectivity index is 1.60. The van der Waals surface area contributed by atoms with Crippen molar-refractivity contribution in [2.45, 2.75) is 18.4 Å². The summed E-state index contributed by atoms with van der Waals surface area (Å²) in [6.45, 7) is 2.83. The summed E-state index contributed by atoms with van der Waals surface area (Å²) in [6, 6.07) is 16.7. The average Bonchev–Trinajstić information content (AvgIpc) is 2.56. The van der Waals surface area contributed by atoms with E-state index >= 15 is 0 Å². The SMILES string of the molecule is Cc1cc(-c2ccc(SNCc3ccncc3)cc2)ccn1. The molecule has 0 saturated heterocycles. The van der Waals surface area contributed by atoms with Gasteiger partial charge in [-0.25, -0.2) is 0 Å². The Labute approximate surface area is 135 Å². The van der Waals surface area contributed by atoms with E-state index in [9.17, 15) is 0 Å². The topological polar surface area (TPSA) is 37.8 Å². The Morgan fingerprint density at radius 3 is 2.41 bits per heavy atom. The number of benzene rings is 1. The minimum absolute atomic E-state index is 0.818. The Kier molecular flexibility index (Phi) is 4.83. The molecule has 0 aliphatic heterocycles. The molecule has 1 aromatic carbocycles. The second-order valence-corrected chi connectivity index (χ2v) is 5.95. The normalized spacial score (nSPS) is 10.6. The second-order valence-electron chi connectivity index (χ2n) is 4.99. The predicted molar refractivity (Wildman–Crippen MR) is 91.3 cm³/mol. The zero-order valence-corrected chi connectivity index (χ0v) is 13.2. The maximum Gasteiger partial charge on any atom is 0.0378 e. The Bertz CT molecular complexity index is 727. The highest BCUT2D eigenvalue weighted by Crippen LogP contribution is 2.23. The van der Waals surface area contributed by atoms with Gasteiger partial charge in [-0.2, -0.15) is 0 Å². The van der Waals surface area contributed by atoms with Crippen molar-refractivity contribution >= 4 is 11.9 Å².